The number of nitrogens with one attached hydrogen (secondary N) is 1. The van der Waals surface area contributed by atoms with Crippen LogP contribution in [0.4, 0.5) is 4.79 Å². The smallest absolute Gasteiger partial charge is 0.407 e. The second-order valence-corrected chi connectivity index (χ2v) is 7.20. The minimum atomic E-state index is -0.447. The van der Waals surface area contributed by atoms with Crippen molar-refractivity contribution in [2.75, 3.05) is 25.6 Å². The molecule has 1 aliphatic rings. The van der Waals surface area contributed by atoms with Crippen LogP contribution in [0, 0.1) is 0 Å². The van der Waals surface area contributed by atoms with E-state index in [4.69, 9.17) is 16.3 Å². The van der Waals surface area contributed by atoms with Gasteiger partial charge in [-0.1, -0.05) is 60.7 Å². The van der Waals surface area contributed by atoms with Crippen molar-refractivity contribution in [1.29, 1.82) is 0 Å². The number of rotatable bonds is 6. The average Bonchev–Trinajstić information content (AvgIpc) is 2.74. The molecule has 2 amide bonds. The third-order valence-electron chi connectivity index (χ3n) is 4.95. The van der Waals surface area contributed by atoms with Crippen molar-refractivity contribution < 1.29 is 14.3 Å². The highest BCUT2D eigenvalue weighted by Gasteiger charge is 2.30. The summed E-state index contributed by atoms with van der Waals surface area (Å²) in [5.41, 5.74) is 1.98. The van der Waals surface area contributed by atoms with Gasteiger partial charge in [-0.3, -0.25) is 4.79 Å². The summed E-state index contributed by atoms with van der Waals surface area (Å²) in [5, 5.41) is 2.85. The Balaban J connectivity index is 1.66. The summed E-state index contributed by atoms with van der Waals surface area (Å²) in [6.45, 7) is 1.41. The van der Waals surface area contributed by atoms with Crippen molar-refractivity contribution in [3.05, 3.63) is 71.8 Å². The van der Waals surface area contributed by atoms with Crippen LogP contribution < -0.4 is 5.32 Å². The van der Waals surface area contributed by atoms with Gasteiger partial charge in [0.15, 0.2) is 0 Å². The Morgan fingerprint density at radius 2 is 1.54 bits per heavy atom. The summed E-state index contributed by atoms with van der Waals surface area (Å²) < 4.78 is 4.96. The summed E-state index contributed by atoms with van der Waals surface area (Å²) in [6.07, 6.45) is 0.965. The molecule has 28 heavy (non-hydrogen) atoms. The largest absolute Gasteiger partial charge is 0.448 e. The lowest BCUT2D eigenvalue weighted by Gasteiger charge is -2.34. The highest BCUT2D eigenvalue weighted by Crippen LogP contribution is 2.28. The minimum Gasteiger partial charge on any atom is -0.448 e. The number of halogens is 1. The maximum Gasteiger partial charge on any atom is 0.407 e. The molecule has 0 aromatic heterocycles. The second kappa shape index (κ2) is 10.1. The molecule has 0 radical (unpaired) electrons. The zero-order valence-electron chi connectivity index (χ0n) is 15.7. The van der Waals surface area contributed by atoms with Crippen molar-refractivity contribution in [2.24, 2.45) is 0 Å². The van der Waals surface area contributed by atoms with E-state index in [0.29, 0.717) is 25.9 Å². The molecular formula is C22H25ClN2O3. The molecule has 1 N–H and O–H groups in total. The van der Waals surface area contributed by atoms with Gasteiger partial charge >= 0.3 is 6.09 Å². The molecule has 2 aromatic rings. The van der Waals surface area contributed by atoms with Crippen LogP contribution in [0.25, 0.3) is 0 Å². The summed E-state index contributed by atoms with van der Waals surface area (Å²) in [6, 6.07) is 19.7. The van der Waals surface area contributed by atoms with Crippen LogP contribution in [0.3, 0.4) is 0 Å². The number of carbonyl (C=O) groups excluding carboxylic acids is 2. The predicted molar refractivity (Wildman–Crippen MR) is 110 cm³/mol. The number of alkyl halides is 1. The van der Waals surface area contributed by atoms with Gasteiger partial charge in [-0.15, -0.1) is 11.6 Å². The number of amides is 2. The number of hydrogen-bond donors (Lipinski definition) is 1. The van der Waals surface area contributed by atoms with Gasteiger partial charge in [0.2, 0.25) is 5.91 Å². The van der Waals surface area contributed by atoms with E-state index in [1.54, 1.807) is 0 Å². The normalized spacial score (nSPS) is 14.7. The van der Waals surface area contributed by atoms with Gasteiger partial charge in [0.1, 0.15) is 6.61 Å². The first kappa shape index (κ1) is 20.2. The van der Waals surface area contributed by atoms with Crippen molar-refractivity contribution in [3.63, 3.8) is 0 Å². The lowest BCUT2D eigenvalue weighted by molar-refractivity contribution is -0.132. The van der Waals surface area contributed by atoms with Crippen molar-refractivity contribution in [3.8, 4) is 0 Å². The van der Waals surface area contributed by atoms with Gasteiger partial charge in [-0.2, -0.15) is 0 Å². The molecule has 2 aromatic carbocycles. The Morgan fingerprint density at radius 3 is 2.04 bits per heavy atom. The van der Waals surface area contributed by atoms with Crippen molar-refractivity contribution >= 4 is 23.6 Å². The maximum absolute atomic E-state index is 13.4. The first-order valence-corrected chi connectivity index (χ1v) is 10.1. The van der Waals surface area contributed by atoms with Gasteiger partial charge in [0.25, 0.3) is 0 Å². The van der Waals surface area contributed by atoms with E-state index in [-0.39, 0.29) is 30.4 Å². The van der Waals surface area contributed by atoms with E-state index >= 15 is 0 Å². The van der Waals surface area contributed by atoms with E-state index < -0.39 is 6.09 Å². The first-order valence-electron chi connectivity index (χ1n) is 9.57. The highest BCUT2D eigenvalue weighted by atomic mass is 35.5. The van der Waals surface area contributed by atoms with E-state index in [1.807, 2.05) is 65.6 Å². The Labute approximate surface area is 170 Å². The average molecular weight is 401 g/mol. The van der Waals surface area contributed by atoms with Crippen LogP contribution in [0.15, 0.2) is 60.7 Å². The topological polar surface area (TPSA) is 58.6 Å². The molecule has 5 nitrogen and oxygen atoms in total. The summed E-state index contributed by atoms with van der Waals surface area (Å²) in [5.74, 6) is 0.0574. The monoisotopic (exact) mass is 400 g/mol. The molecule has 3 rings (SSSR count). The molecular weight excluding hydrogens is 376 g/mol. The molecule has 0 bridgehead atoms. The number of hydrogen-bond acceptors (Lipinski definition) is 3. The molecule has 1 fully saturated rings. The Morgan fingerprint density at radius 1 is 1.00 bits per heavy atom. The van der Waals surface area contributed by atoms with E-state index in [2.05, 4.69) is 5.32 Å². The number of benzene rings is 2. The van der Waals surface area contributed by atoms with Crippen LogP contribution in [-0.4, -0.2) is 48.5 Å². The summed E-state index contributed by atoms with van der Waals surface area (Å²) in [7, 11) is 0. The number of nitrogens with zero attached hydrogens (tertiary/aromatic N) is 1. The summed E-state index contributed by atoms with van der Waals surface area (Å²) >= 11 is 5.52. The second-order valence-electron chi connectivity index (χ2n) is 6.82. The van der Waals surface area contributed by atoms with Crippen LogP contribution >= 0.6 is 11.6 Å². The molecule has 1 heterocycles. The Bertz CT molecular complexity index is 722. The molecule has 0 aliphatic carbocycles. The van der Waals surface area contributed by atoms with E-state index in [1.165, 1.54) is 0 Å². The van der Waals surface area contributed by atoms with Crippen LogP contribution in [0.1, 0.15) is 29.9 Å². The van der Waals surface area contributed by atoms with Gasteiger partial charge in [0, 0.05) is 19.1 Å². The molecule has 0 spiro atoms. The van der Waals surface area contributed by atoms with Crippen LogP contribution in [-0.2, 0) is 9.53 Å². The van der Waals surface area contributed by atoms with Gasteiger partial charge in [-0.05, 0) is 24.0 Å². The molecule has 1 saturated heterocycles. The van der Waals surface area contributed by atoms with E-state index in [9.17, 15) is 9.59 Å². The minimum absolute atomic E-state index is 0.0128. The Hall–Kier alpha value is -2.53. The Kier molecular flexibility index (Phi) is 7.31. The number of ether oxygens (including phenoxy) is 1. The zero-order valence-corrected chi connectivity index (χ0v) is 16.5. The first-order chi connectivity index (χ1) is 13.7. The molecule has 0 unspecified atom stereocenters. The lowest BCUT2D eigenvalue weighted by atomic mass is 9.89. The standard InChI is InChI=1S/C22H25ClN2O3/c23-13-16-28-22(27)24-19-11-14-25(15-12-19)21(26)20(17-7-3-1-4-8-17)18-9-5-2-6-10-18/h1-10,19-20H,11-16H2,(H,24,27). The van der Waals surface area contributed by atoms with Crippen LogP contribution in [0.5, 0.6) is 0 Å². The highest BCUT2D eigenvalue weighted by molar-refractivity contribution is 6.18. The fourth-order valence-electron chi connectivity index (χ4n) is 3.53. The lowest BCUT2D eigenvalue weighted by Crippen LogP contribution is -2.48. The fourth-order valence-corrected chi connectivity index (χ4v) is 3.61. The van der Waals surface area contributed by atoms with Crippen LogP contribution in [0.2, 0.25) is 0 Å². The molecule has 0 atom stereocenters. The molecule has 1 aliphatic heterocycles. The van der Waals surface area contributed by atoms with Gasteiger partial charge in [0.05, 0.1) is 11.8 Å². The molecule has 0 saturated carbocycles. The molecule has 6 heteroatoms. The third kappa shape index (κ3) is 5.26. The fraction of sp³-hybridized carbons (Fsp3) is 0.364. The number of likely N-dealkylation sites (tertiary alicyclic amines) is 1. The number of piperidine rings is 1. The van der Waals surface area contributed by atoms with Crippen molar-refractivity contribution in [2.45, 2.75) is 24.8 Å². The van der Waals surface area contributed by atoms with Crippen molar-refractivity contribution in [1.82, 2.24) is 10.2 Å². The maximum atomic E-state index is 13.4. The van der Waals surface area contributed by atoms with Gasteiger partial charge < -0.3 is 15.0 Å². The number of alkyl carbamates (subject to hydrolysis) is 1. The summed E-state index contributed by atoms with van der Waals surface area (Å²) in [4.78, 5) is 27.0. The zero-order chi connectivity index (χ0) is 19.8. The van der Waals surface area contributed by atoms with E-state index in [0.717, 1.165) is 11.1 Å². The quantitative estimate of drug-likeness (QED) is 0.751. The SMILES string of the molecule is O=C(NC1CCN(C(=O)C(c2ccccc2)c2ccccc2)CC1)OCCCl. The van der Waals surface area contributed by atoms with Gasteiger partial charge in [-0.25, -0.2) is 4.79 Å². The predicted octanol–water partition coefficient (Wildman–Crippen LogP) is 3.77. The third-order valence-corrected chi connectivity index (χ3v) is 5.11. The number of carbonyl (C=O) groups is 2. The molecule has 148 valence electrons.